The summed E-state index contributed by atoms with van der Waals surface area (Å²) in [7, 11) is 3.27. The fraction of sp³-hybridized carbons (Fsp3) is 0.200. The summed E-state index contributed by atoms with van der Waals surface area (Å²) in [5.41, 5.74) is 2.55. The van der Waals surface area contributed by atoms with Crippen molar-refractivity contribution in [1.82, 2.24) is 9.97 Å². The summed E-state index contributed by atoms with van der Waals surface area (Å²) in [6.45, 7) is 0.349. The van der Waals surface area contributed by atoms with Gasteiger partial charge in [-0.15, -0.1) is 0 Å². The monoisotopic (exact) mass is 381 g/mol. The summed E-state index contributed by atoms with van der Waals surface area (Å²) >= 11 is 1.56. The van der Waals surface area contributed by atoms with Gasteiger partial charge < -0.3 is 14.6 Å². The number of methoxy groups -OCH3 is 2. The van der Waals surface area contributed by atoms with Crippen molar-refractivity contribution in [3.05, 3.63) is 66.0 Å². The van der Waals surface area contributed by atoms with Gasteiger partial charge in [-0.3, -0.25) is 4.90 Å². The van der Waals surface area contributed by atoms with E-state index in [4.69, 9.17) is 9.47 Å². The fourth-order valence-corrected chi connectivity index (χ4v) is 4.02. The van der Waals surface area contributed by atoms with Gasteiger partial charge in [-0.05, 0) is 35.4 Å². The average molecular weight is 381 g/mol. The number of fused-ring (bicyclic) bond motifs is 2. The standard InChI is InChI=1S/C20H19N3O3S/c1-25-12-23-16-11-14(18(24)13-3-6-15(26-2)7-4-13)5-8-17(16)27-20-19(23)21-9-10-22-20/h3-11,18,24H,12H2,1-2H3. The number of benzene rings is 2. The third-order valence-electron chi connectivity index (χ3n) is 4.39. The molecule has 1 aliphatic heterocycles. The SMILES string of the molecule is COCN1c2cc(C(O)c3ccc(OC)cc3)ccc2Sc2nccnc21. The molecule has 0 aliphatic carbocycles. The van der Waals surface area contributed by atoms with Crippen molar-refractivity contribution in [1.29, 1.82) is 0 Å². The van der Waals surface area contributed by atoms with Gasteiger partial charge in [0.1, 0.15) is 23.6 Å². The van der Waals surface area contributed by atoms with E-state index < -0.39 is 6.10 Å². The number of ether oxygens (including phenoxy) is 2. The van der Waals surface area contributed by atoms with Crippen LogP contribution in [0.15, 0.2) is 64.8 Å². The van der Waals surface area contributed by atoms with Gasteiger partial charge in [0, 0.05) is 24.4 Å². The molecule has 0 saturated heterocycles. The molecule has 1 aromatic heterocycles. The zero-order valence-corrected chi connectivity index (χ0v) is 15.8. The zero-order valence-electron chi connectivity index (χ0n) is 15.0. The summed E-state index contributed by atoms with van der Waals surface area (Å²) < 4.78 is 10.6. The molecular weight excluding hydrogens is 362 g/mol. The van der Waals surface area contributed by atoms with Crippen LogP contribution < -0.4 is 9.64 Å². The van der Waals surface area contributed by atoms with Crippen molar-refractivity contribution in [2.45, 2.75) is 16.0 Å². The van der Waals surface area contributed by atoms with E-state index >= 15 is 0 Å². The molecule has 1 atom stereocenters. The second kappa shape index (κ2) is 7.56. The molecule has 138 valence electrons. The lowest BCUT2D eigenvalue weighted by atomic mass is 10.0. The van der Waals surface area contributed by atoms with Gasteiger partial charge in [0.2, 0.25) is 0 Å². The van der Waals surface area contributed by atoms with Crippen molar-refractivity contribution in [2.75, 3.05) is 25.9 Å². The molecule has 0 fully saturated rings. The van der Waals surface area contributed by atoms with E-state index in [0.29, 0.717) is 6.73 Å². The highest BCUT2D eigenvalue weighted by atomic mass is 32.2. The van der Waals surface area contributed by atoms with Crippen LogP contribution >= 0.6 is 11.8 Å². The maximum Gasteiger partial charge on any atom is 0.168 e. The van der Waals surface area contributed by atoms with E-state index in [1.807, 2.05) is 47.4 Å². The van der Waals surface area contributed by atoms with Crippen molar-refractivity contribution >= 4 is 23.3 Å². The molecular formula is C20H19N3O3S. The number of hydrogen-bond acceptors (Lipinski definition) is 7. The Kier molecular flexibility index (Phi) is 4.98. The van der Waals surface area contributed by atoms with Crippen LogP contribution in [0, 0.1) is 0 Å². The molecule has 0 amide bonds. The lowest BCUT2D eigenvalue weighted by Gasteiger charge is -2.30. The highest BCUT2D eigenvalue weighted by Crippen LogP contribution is 2.46. The predicted molar refractivity (Wildman–Crippen MR) is 104 cm³/mol. The number of aliphatic hydroxyl groups excluding tert-OH is 1. The number of nitrogens with zero attached hydrogens (tertiary/aromatic N) is 3. The Labute approximate surface area is 161 Å². The van der Waals surface area contributed by atoms with E-state index in [2.05, 4.69) is 9.97 Å². The molecule has 2 heterocycles. The van der Waals surface area contributed by atoms with Crippen LogP contribution in [0.5, 0.6) is 5.75 Å². The summed E-state index contributed by atoms with van der Waals surface area (Å²) in [6, 6.07) is 13.3. The highest BCUT2D eigenvalue weighted by molar-refractivity contribution is 7.99. The normalized spacial score (nSPS) is 13.7. The lowest BCUT2D eigenvalue weighted by Crippen LogP contribution is -2.24. The topological polar surface area (TPSA) is 67.7 Å². The van der Waals surface area contributed by atoms with Crippen LogP contribution in [-0.2, 0) is 4.74 Å². The largest absolute Gasteiger partial charge is 0.497 e. The van der Waals surface area contributed by atoms with Gasteiger partial charge in [-0.2, -0.15) is 0 Å². The Hall–Kier alpha value is -2.61. The molecule has 0 saturated carbocycles. The number of anilines is 2. The van der Waals surface area contributed by atoms with Gasteiger partial charge in [0.15, 0.2) is 5.82 Å². The zero-order chi connectivity index (χ0) is 18.8. The third kappa shape index (κ3) is 3.37. The van der Waals surface area contributed by atoms with Crippen LogP contribution in [0.1, 0.15) is 17.2 Å². The second-order valence-electron chi connectivity index (χ2n) is 6.04. The van der Waals surface area contributed by atoms with Crippen LogP contribution in [0.3, 0.4) is 0 Å². The van der Waals surface area contributed by atoms with Crippen LogP contribution in [0.25, 0.3) is 0 Å². The van der Waals surface area contributed by atoms with E-state index in [1.165, 1.54) is 0 Å². The molecule has 0 spiro atoms. The summed E-state index contributed by atoms with van der Waals surface area (Å²) in [5.74, 6) is 1.52. The van der Waals surface area contributed by atoms with Crippen LogP contribution in [-0.4, -0.2) is 36.0 Å². The molecule has 4 rings (SSSR count). The molecule has 0 bridgehead atoms. The van der Waals surface area contributed by atoms with Gasteiger partial charge in [-0.25, -0.2) is 9.97 Å². The van der Waals surface area contributed by atoms with Gasteiger partial charge in [0.25, 0.3) is 0 Å². The number of hydrogen-bond donors (Lipinski definition) is 1. The smallest absolute Gasteiger partial charge is 0.168 e. The number of aromatic nitrogens is 2. The first-order valence-electron chi connectivity index (χ1n) is 8.42. The van der Waals surface area contributed by atoms with Crippen LogP contribution in [0.2, 0.25) is 0 Å². The van der Waals surface area contributed by atoms with Gasteiger partial charge in [-0.1, -0.05) is 30.0 Å². The molecule has 1 aliphatic rings. The third-order valence-corrected chi connectivity index (χ3v) is 5.43. The molecule has 2 aromatic carbocycles. The van der Waals surface area contributed by atoms with Crippen molar-refractivity contribution < 1.29 is 14.6 Å². The van der Waals surface area contributed by atoms with Crippen molar-refractivity contribution in [3.63, 3.8) is 0 Å². The minimum atomic E-state index is -0.737. The second-order valence-corrected chi connectivity index (χ2v) is 7.07. The molecule has 27 heavy (non-hydrogen) atoms. The van der Waals surface area contributed by atoms with Crippen LogP contribution in [0.4, 0.5) is 11.5 Å². The Balaban J connectivity index is 1.71. The summed E-state index contributed by atoms with van der Waals surface area (Å²) in [6.07, 6.45) is 2.62. The first-order chi connectivity index (χ1) is 13.2. The Bertz CT molecular complexity index is 949. The van der Waals surface area contributed by atoms with E-state index in [-0.39, 0.29) is 0 Å². The number of aliphatic hydroxyl groups is 1. The Morgan fingerprint density at radius 1 is 1.04 bits per heavy atom. The Morgan fingerprint density at radius 2 is 1.78 bits per heavy atom. The molecule has 3 aromatic rings. The van der Waals surface area contributed by atoms with E-state index in [0.717, 1.165) is 38.3 Å². The maximum absolute atomic E-state index is 10.8. The first-order valence-corrected chi connectivity index (χ1v) is 9.24. The fourth-order valence-electron chi connectivity index (χ4n) is 3.03. The molecule has 6 nitrogen and oxygen atoms in total. The van der Waals surface area contributed by atoms with E-state index in [1.54, 1.807) is 38.4 Å². The molecule has 7 heteroatoms. The first kappa shape index (κ1) is 17.8. The quantitative estimate of drug-likeness (QED) is 0.721. The maximum atomic E-state index is 10.8. The van der Waals surface area contributed by atoms with E-state index in [9.17, 15) is 5.11 Å². The molecule has 0 radical (unpaired) electrons. The minimum Gasteiger partial charge on any atom is -0.497 e. The Morgan fingerprint density at radius 3 is 2.52 bits per heavy atom. The predicted octanol–water partition coefficient (Wildman–Crippen LogP) is 3.77. The molecule has 1 unspecified atom stereocenters. The lowest BCUT2D eigenvalue weighted by molar-refractivity contribution is 0.204. The minimum absolute atomic E-state index is 0.349. The van der Waals surface area contributed by atoms with Crippen molar-refractivity contribution in [3.8, 4) is 5.75 Å². The highest BCUT2D eigenvalue weighted by Gasteiger charge is 2.26. The van der Waals surface area contributed by atoms with Crippen molar-refractivity contribution in [2.24, 2.45) is 0 Å². The average Bonchev–Trinajstić information content (AvgIpc) is 2.73. The number of rotatable bonds is 5. The summed E-state index contributed by atoms with van der Waals surface area (Å²) in [4.78, 5) is 11.9. The summed E-state index contributed by atoms with van der Waals surface area (Å²) in [5, 5.41) is 11.7. The molecule has 1 N–H and O–H groups in total. The van der Waals surface area contributed by atoms with Gasteiger partial charge in [0.05, 0.1) is 12.8 Å². The van der Waals surface area contributed by atoms with Gasteiger partial charge >= 0.3 is 0 Å².